The Bertz CT molecular complexity index is 112. The first-order chi connectivity index (χ1) is 8.81. The van der Waals surface area contributed by atoms with Crippen LogP contribution in [0.25, 0.3) is 0 Å². The maximum Gasteiger partial charge on any atom is -0.0406 e. The lowest BCUT2D eigenvalue weighted by atomic mass is 9.56. The van der Waals surface area contributed by atoms with E-state index in [4.69, 9.17) is 0 Å². The lowest BCUT2D eigenvalue weighted by Gasteiger charge is -2.49. The summed E-state index contributed by atoms with van der Waals surface area (Å²) in [7, 11) is 0. The Morgan fingerprint density at radius 3 is 0.750 bits per heavy atom. The first-order valence-electron chi connectivity index (χ1n) is 8.81. The Hall–Kier alpha value is 0. The van der Waals surface area contributed by atoms with Gasteiger partial charge in [0, 0.05) is 0 Å². The molecule has 4 fully saturated rings. The van der Waals surface area contributed by atoms with Crippen LogP contribution in [0.15, 0.2) is 0 Å². The zero-order valence-corrected chi connectivity index (χ0v) is 14.0. The molecule has 126 valence electrons. The van der Waals surface area contributed by atoms with Crippen LogP contribution in [0.1, 0.15) is 108 Å². The molecule has 4 rings (SSSR count). The monoisotopic (exact) mass is 286 g/mol. The number of hydrogen-bond acceptors (Lipinski definition) is 0. The van der Waals surface area contributed by atoms with Crippen molar-refractivity contribution >= 4 is 0 Å². The third-order valence-electron chi connectivity index (χ3n) is 4.50. The minimum absolute atomic E-state index is 0. The van der Waals surface area contributed by atoms with Crippen LogP contribution >= 0.6 is 0 Å². The summed E-state index contributed by atoms with van der Waals surface area (Å²) in [6.45, 7) is 12.4. The molecule has 0 nitrogen and oxygen atoms in total. The summed E-state index contributed by atoms with van der Waals surface area (Å²) in [6, 6.07) is 0. The maximum absolute atomic E-state index is 2.18. The molecular formula is C20H46. The van der Waals surface area contributed by atoms with E-state index in [1.54, 1.807) is 38.5 Å². The van der Waals surface area contributed by atoms with Gasteiger partial charge in [0.05, 0.1) is 0 Å². The molecule has 0 heterocycles. The number of rotatable bonds is 1. The molecule has 0 atom stereocenters. The van der Waals surface area contributed by atoms with Crippen molar-refractivity contribution in [2.45, 2.75) is 108 Å². The standard InChI is InChI=1S/C10H16.C4H10.2C2H6.2CH4/c1-7-2-9-4-8(1)5-10(3-7)6-9;1-3-4-2;2*1-2;;/h7-10H,1-6H2;3-4H2,1-2H3;2*1-2H3;2*1H4. The summed E-state index contributed by atoms with van der Waals surface area (Å²) in [6.07, 6.45) is 12.3. The van der Waals surface area contributed by atoms with Crippen molar-refractivity contribution < 1.29 is 0 Å². The lowest BCUT2D eigenvalue weighted by molar-refractivity contribution is 0.0198. The normalized spacial score (nSPS) is 30.9. The molecule has 0 aromatic carbocycles. The second-order valence-corrected chi connectivity index (χ2v) is 5.88. The van der Waals surface area contributed by atoms with Gasteiger partial charge in [-0.2, -0.15) is 0 Å². The highest BCUT2D eigenvalue weighted by Crippen LogP contribution is 2.53. The summed E-state index contributed by atoms with van der Waals surface area (Å²) < 4.78 is 0. The van der Waals surface area contributed by atoms with Crippen molar-refractivity contribution in [3.8, 4) is 0 Å². The highest BCUT2D eigenvalue weighted by atomic mass is 14.5. The van der Waals surface area contributed by atoms with Crippen molar-refractivity contribution in [1.82, 2.24) is 0 Å². The molecule has 0 aromatic rings. The van der Waals surface area contributed by atoms with E-state index < -0.39 is 0 Å². The molecular weight excluding hydrogens is 240 g/mol. The molecule has 0 radical (unpaired) electrons. The summed E-state index contributed by atoms with van der Waals surface area (Å²) in [5, 5.41) is 0. The SMILES string of the molecule is C.C.C1C2CC3CC1CC(C2)C3.CC.CC.CCCC. The molecule has 0 unspecified atom stereocenters. The fourth-order valence-electron chi connectivity index (χ4n) is 3.98. The quantitative estimate of drug-likeness (QED) is 0.458. The Kier molecular flexibility index (Phi) is 19.2. The molecule has 0 amide bonds. The third-order valence-corrected chi connectivity index (χ3v) is 4.50. The second-order valence-electron chi connectivity index (χ2n) is 5.88. The first kappa shape index (κ1) is 25.0. The molecule has 20 heavy (non-hydrogen) atoms. The largest absolute Gasteiger partial charge is 0.0776 e. The van der Waals surface area contributed by atoms with E-state index in [0.29, 0.717) is 0 Å². The Morgan fingerprint density at radius 1 is 0.500 bits per heavy atom. The smallest absolute Gasteiger partial charge is 0.0406 e. The van der Waals surface area contributed by atoms with Gasteiger partial charge in [0.1, 0.15) is 0 Å². The zero-order valence-electron chi connectivity index (χ0n) is 14.0. The molecule has 0 saturated heterocycles. The topological polar surface area (TPSA) is 0 Å². The van der Waals surface area contributed by atoms with Gasteiger partial charge in [-0.3, -0.25) is 0 Å². The van der Waals surface area contributed by atoms with E-state index in [2.05, 4.69) is 13.8 Å². The minimum Gasteiger partial charge on any atom is -0.0776 e. The summed E-state index contributed by atoms with van der Waals surface area (Å²) in [4.78, 5) is 0. The molecule has 0 N–H and O–H groups in total. The summed E-state index contributed by atoms with van der Waals surface area (Å²) in [5.74, 6) is 4.71. The molecule has 4 saturated carbocycles. The zero-order chi connectivity index (χ0) is 14.0. The van der Waals surface area contributed by atoms with Gasteiger partial charge in [0.25, 0.3) is 0 Å². The van der Waals surface area contributed by atoms with Gasteiger partial charge >= 0.3 is 0 Å². The summed E-state index contributed by atoms with van der Waals surface area (Å²) >= 11 is 0. The third kappa shape index (κ3) is 8.32. The van der Waals surface area contributed by atoms with Crippen molar-refractivity contribution in [2.24, 2.45) is 23.7 Å². The Balaban J connectivity index is -0.000000255. The predicted molar refractivity (Wildman–Crippen MR) is 98.4 cm³/mol. The molecule has 0 aromatic heterocycles. The van der Waals surface area contributed by atoms with Gasteiger partial charge in [-0.15, -0.1) is 0 Å². The maximum atomic E-state index is 2.18. The van der Waals surface area contributed by atoms with Crippen LogP contribution in [0.3, 0.4) is 0 Å². The van der Waals surface area contributed by atoms with Crippen molar-refractivity contribution in [2.75, 3.05) is 0 Å². The van der Waals surface area contributed by atoms with Crippen molar-refractivity contribution in [3.63, 3.8) is 0 Å². The van der Waals surface area contributed by atoms with Crippen molar-refractivity contribution in [1.29, 1.82) is 0 Å². The van der Waals surface area contributed by atoms with Crippen LogP contribution in [0.4, 0.5) is 0 Å². The van der Waals surface area contributed by atoms with Crippen LogP contribution in [0, 0.1) is 23.7 Å². The molecule has 0 spiro atoms. The number of hydrogen-bond donors (Lipinski definition) is 0. The van der Waals surface area contributed by atoms with E-state index in [1.807, 2.05) is 27.7 Å². The molecule has 0 heteroatoms. The fraction of sp³-hybridized carbons (Fsp3) is 1.00. The van der Waals surface area contributed by atoms with Gasteiger partial charge in [-0.25, -0.2) is 0 Å². The second kappa shape index (κ2) is 15.4. The van der Waals surface area contributed by atoms with E-state index in [9.17, 15) is 0 Å². The van der Waals surface area contributed by atoms with Crippen LogP contribution in [0.2, 0.25) is 0 Å². The van der Waals surface area contributed by atoms with E-state index in [1.165, 1.54) is 36.5 Å². The summed E-state index contributed by atoms with van der Waals surface area (Å²) in [5.41, 5.74) is 0. The highest BCUT2D eigenvalue weighted by molar-refractivity contribution is 4.92. The van der Waals surface area contributed by atoms with Crippen molar-refractivity contribution in [3.05, 3.63) is 0 Å². The molecule has 0 aliphatic heterocycles. The lowest BCUT2D eigenvalue weighted by Crippen LogP contribution is -2.38. The Morgan fingerprint density at radius 2 is 0.650 bits per heavy atom. The fourth-order valence-corrected chi connectivity index (χ4v) is 3.98. The molecule has 4 aliphatic rings. The van der Waals surface area contributed by atoms with Crippen LogP contribution < -0.4 is 0 Å². The van der Waals surface area contributed by atoms with Crippen LogP contribution in [0.5, 0.6) is 0 Å². The van der Waals surface area contributed by atoms with E-state index in [0.717, 1.165) is 0 Å². The van der Waals surface area contributed by atoms with Gasteiger partial charge < -0.3 is 0 Å². The molecule has 4 bridgehead atoms. The number of unbranched alkanes of at least 4 members (excludes halogenated alkanes) is 1. The van der Waals surface area contributed by atoms with Gasteiger partial charge in [0.15, 0.2) is 0 Å². The highest BCUT2D eigenvalue weighted by Gasteiger charge is 2.41. The minimum atomic E-state index is 0. The van der Waals surface area contributed by atoms with Gasteiger partial charge in [-0.1, -0.05) is 69.2 Å². The van der Waals surface area contributed by atoms with Gasteiger partial charge in [0.2, 0.25) is 0 Å². The average Bonchev–Trinajstić information content (AvgIpc) is 2.42. The van der Waals surface area contributed by atoms with E-state index in [-0.39, 0.29) is 14.9 Å². The molecule has 4 aliphatic carbocycles. The van der Waals surface area contributed by atoms with E-state index >= 15 is 0 Å². The first-order valence-corrected chi connectivity index (χ1v) is 8.81. The average molecular weight is 287 g/mol. The Labute approximate surface area is 132 Å². The van der Waals surface area contributed by atoms with Gasteiger partial charge in [-0.05, 0) is 62.2 Å². The van der Waals surface area contributed by atoms with Crippen LogP contribution in [-0.4, -0.2) is 0 Å². The predicted octanol–water partition coefficient (Wildman–Crippen LogP) is 7.96. The van der Waals surface area contributed by atoms with Crippen LogP contribution in [-0.2, 0) is 0 Å².